The van der Waals surface area contributed by atoms with Gasteiger partial charge in [-0.25, -0.2) is 9.98 Å². The molecule has 0 bridgehead atoms. The fourth-order valence-electron chi connectivity index (χ4n) is 2.45. The van der Waals surface area contributed by atoms with Crippen LogP contribution >= 0.6 is 46.9 Å². The summed E-state index contributed by atoms with van der Waals surface area (Å²) >= 11 is 7.50. The minimum atomic E-state index is 0. The Hall–Kier alpha value is -1.26. The van der Waals surface area contributed by atoms with Gasteiger partial charge < -0.3 is 20.3 Å². The quantitative estimate of drug-likeness (QED) is 0.300. The van der Waals surface area contributed by atoms with Crippen molar-refractivity contribution in [3.05, 3.63) is 40.9 Å². The van der Waals surface area contributed by atoms with Gasteiger partial charge in [0.05, 0.1) is 6.54 Å². The first-order chi connectivity index (χ1) is 11.7. The second-order valence-electron chi connectivity index (χ2n) is 5.33. The van der Waals surface area contributed by atoms with Crippen LogP contribution in [-0.2, 0) is 0 Å². The molecule has 0 spiro atoms. The van der Waals surface area contributed by atoms with Crippen LogP contribution in [0.15, 0.2) is 40.8 Å². The number of halogens is 2. The molecule has 1 aromatic heterocycles. The molecule has 2 aromatic rings. The summed E-state index contributed by atoms with van der Waals surface area (Å²) in [7, 11) is 0. The van der Waals surface area contributed by atoms with Gasteiger partial charge >= 0.3 is 0 Å². The van der Waals surface area contributed by atoms with Gasteiger partial charge in [-0.3, -0.25) is 0 Å². The van der Waals surface area contributed by atoms with Gasteiger partial charge in [0.25, 0.3) is 0 Å². The molecule has 1 saturated heterocycles. The summed E-state index contributed by atoms with van der Waals surface area (Å²) < 4.78 is 5.61. The maximum Gasteiger partial charge on any atom is 0.191 e. The van der Waals surface area contributed by atoms with Crippen LogP contribution in [0.1, 0.15) is 0 Å². The number of anilines is 1. The van der Waals surface area contributed by atoms with Crippen molar-refractivity contribution in [1.82, 2.24) is 9.88 Å². The lowest BCUT2D eigenvalue weighted by Crippen LogP contribution is -2.51. The van der Waals surface area contributed by atoms with Crippen LogP contribution in [0.3, 0.4) is 0 Å². The summed E-state index contributed by atoms with van der Waals surface area (Å²) in [5.41, 5.74) is 6.08. The predicted octanol–water partition coefficient (Wildman–Crippen LogP) is 2.93. The first kappa shape index (κ1) is 20.1. The molecule has 0 saturated carbocycles. The summed E-state index contributed by atoms with van der Waals surface area (Å²) in [5, 5.41) is 3.76. The number of guanidine groups is 1. The fourth-order valence-corrected chi connectivity index (χ4v) is 3.28. The van der Waals surface area contributed by atoms with Gasteiger partial charge in [0.2, 0.25) is 0 Å². The number of ether oxygens (including phenoxy) is 1. The monoisotopic (exact) mass is 493 g/mol. The minimum absolute atomic E-state index is 0. The van der Waals surface area contributed by atoms with Crippen molar-refractivity contribution in [3.8, 4) is 5.75 Å². The molecule has 0 aliphatic carbocycles. The van der Waals surface area contributed by atoms with E-state index >= 15 is 0 Å². The molecular weight excluding hydrogens is 473 g/mol. The summed E-state index contributed by atoms with van der Waals surface area (Å²) in [4.78, 5) is 13.1. The van der Waals surface area contributed by atoms with Crippen LogP contribution in [0.4, 0.5) is 5.13 Å². The van der Waals surface area contributed by atoms with Gasteiger partial charge in [-0.1, -0.05) is 11.6 Å². The average Bonchev–Trinajstić information content (AvgIpc) is 3.15. The average molecular weight is 494 g/mol. The molecule has 136 valence electrons. The third kappa shape index (κ3) is 5.89. The summed E-state index contributed by atoms with van der Waals surface area (Å²) in [6.45, 7) is 4.54. The maximum atomic E-state index is 6.08. The van der Waals surface area contributed by atoms with E-state index in [1.807, 2.05) is 23.7 Å². The van der Waals surface area contributed by atoms with E-state index in [0.29, 0.717) is 24.1 Å². The predicted molar refractivity (Wildman–Crippen MR) is 115 cm³/mol. The van der Waals surface area contributed by atoms with E-state index in [1.54, 1.807) is 23.5 Å². The van der Waals surface area contributed by atoms with Crippen LogP contribution in [0, 0.1) is 0 Å². The summed E-state index contributed by atoms with van der Waals surface area (Å²) in [6, 6.07) is 7.29. The molecule has 1 fully saturated rings. The van der Waals surface area contributed by atoms with E-state index in [9.17, 15) is 0 Å². The highest BCUT2D eigenvalue weighted by atomic mass is 127. The van der Waals surface area contributed by atoms with E-state index < -0.39 is 0 Å². The van der Waals surface area contributed by atoms with E-state index in [1.165, 1.54) is 0 Å². The SMILES string of the molecule is I.NC(=NCCOc1ccc(Cl)cc1)N1CCN(c2nccs2)CC1. The number of piperazine rings is 1. The molecule has 1 aromatic carbocycles. The Kier molecular flexibility index (Phi) is 8.04. The molecule has 6 nitrogen and oxygen atoms in total. The van der Waals surface area contributed by atoms with Gasteiger partial charge in [-0.15, -0.1) is 35.3 Å². The number of hydrogen-bond acceptors (Lipinski definition) is 5. The molecule has 1 aliphatic heterocycles. The first-order valence-electron chi connectivity index (χ1n) is 7.80. The maximum absolute atomic E-state index is 6.08. The molecule has 1 aliphatic rings. The Morgan fingerprint density at radius 2 is 1.96 bits per heavy atom. The second-order valence-corrected chi connectivity index (χ2v) is 6.64. The molecule has 2 heterocycles. The number of hydrogen-bond donors (Lipinski definition) is 1. The zero-order chi connectivity index (χ0) is 16.8. The van der Waals surface area contributed by atoms with Crippen LogP contribution in [-0.4, -0.2) is 55.2 Å². The van der Waals surface area contributed by atoms with Crippen molar-refractivity contribution in [2.24, 2.45) is 10.7 Å². The zero-order valence-corrected chi connectivity index (χ0v) is 17.6. The number of benzene rings is 1. The standard InChI is InChI=1S/C16H20ClN5OS.HI/c17-13-1-3-14(4-2-13)23-11-5-19-15(18)21-7-9-22(10-8-21)16-20-6-12-24-16;/h1-4,6,12H,5,7-11H2,(H2,18,19);1H. The normalized spacial score (nSPS) is 15.0. The number of rotatable bonds is 5. The largest absolute Gasteiger partial charge is 0.492 e. The van der Waals surface area contributed by atoms with Gasteiger partial charge in [0, 0.05) is 42.8 Å². The lowest BCUT2D eigenvalue weighted by molar-refractivity contribution is 0.326. The number of thiazole rings is 1. The molecule has 0 unspecified atom stereocenters. The van der Waals surface area contributed by atoms with E-state index in [0.717, 1.165) is 37.1 Å². The number of aromatic nitrogens is 1. The Morgan fingerprint density at radius 1 is 1.24 bits per heavy atom. The molecule has 0 amide bonds. The molecule has 2 N–H and O–H groups in total. The Labute approximate surface area is 173 Å². The molecule has 0 atom stereocenters. The van der Waals surface area contributed by atoms with Crippen LogP contribution in [0.5, 0.6) is 5.75 Å². The third-order valence-corrected chi connectivity index (χ3v) is 4.83. The van der Waals surface area contributed by atoms with Crippen LogP contribution in [0.25, 0.3) is 0 Å². The van der Waals surface area contributed by atoms with Crippen molar-refractivity contribution < 1.29 is 4.74 Å². The minimum Gasteiger partial charge on any atom is -0.492 e. The van der Waals surface area contributed by atoms with E-state index in [4.69, 9.17) is 22.1 Å². The van der Waals surface area contributed by atoms with Gasteiger partial charge in [-0.2, -0.15) is 0 Å². The van der Waals surface area contributed by atoms with Gasteiger partial charge in [0.15, 0.2) is 11.1 Å². The number of aliphatic imine (C=N–C) groups is 1. The zero-order valence-electron chi connectivity index (χ0n) is 13.7. The highest BCUT2D eigenvalue weighted by Gasteiger charge is 2.19. The van der Waals surface area contributed by atoms with Crippen molar-refractivity contribution in [1.29, 1.82) is 0 Å². The van der Waals surface area contributed by atoms with Gasteiger partial charge in [-0.05, 0) is 24.3 Å². The Balaban J connectivity index is 0.00000225. The van der Waals surface area contributed by atoms with Crippen LogP contribution in [0.2, 0.25) is 5.02 Å². The summed E-state index contributed by atoms with van der Waals surface area (Å²) in [5.74, 6) is 1.36. The van der Waals surface area contributed by atoms with E-state index in [-0.39, 0.29) is 24.0 Å². The molecule has 25 heavy (non-hydrogen) atoms. The van der Waals surface area contributed by atoms with Gasteiger partial charge in [0.1, 0.15) is 12.4 Å². The van der Waals surface area contributed by atoms with Crippen molar-refractivity contribution in [2.45, 2.75) is 0 Å². The fraction of sp³-hybridized carbons (Fsp3) is 0.375. The highest BCUT2D eigenvalue weighted by molar-refractivity contribution is 14.0. The Bertz CT molecular complexity index is 660. The third-order valence-electron chi connectivity index (χ3n) is 3.74. The highest BCUT2D eigenvalue weighted by Crippen LogP contribution is 2.18. The molecule has 0 radical (unpaired) electrons. The van der Waals surface area contributed by atoms with Crippen LogP contribution < -0.4 is 15.4 Å². The summed E-state index contributed by atoms with van der Waals surface area (Å²) in [6.07, 6.45) is 1.84. The smallest absolute Gasteiger partial charge is 0.191 e. The van der Waals surface area contributed by atoms with E-state index in [2.05, 4.69) is 19.8 Å². The number of nitrogens with two attached hydrogens (primary N) is 1. The number of nitrogens with zero attached hydrogens (tertiary/aromatic N) is 4. The topological polar surface area (TPSA) is 67.0 Å². The molecular formula is C16H21ClIN5OS. The molecule has 3 rings (SSSR count). The van der Waals surface area contributed by atoms with Crippen molar-refractivity contribution >= 4 is 58.0 Å². The lowest BCUT2D eigenvalue weighted by Gasteiger charge is -2.35. The van der Waals surface area contributed by atoms with Crippen molar-refractivity contribution in [2.75, 3.05) is 44.2 Å². The van der Waals surface area contributed by atoms with Crippen molar-refractivity contribution in [3.63, 3.8) is 0 Å². The Morgan fingerprint density at radius 3 is 2.60 bits per heavy atom. The lowest BCUT2D eigenvalue weighted by atomic mass is 10.3. The first-order valence-corrected chi connectivity index (χ1v) is 9.06. The second kappa shape index (κ2) is 10.0. The molecule has 9 heteroatoms.